The molecule has 130 valence electrons. The molecule has 24 heavy (non-hydrogen) atoms. The lowest BCUT2D eigenvalue weighted by molar-refractivity contribution is -0.121. The molecule has 1 unspecified atom stereocenters. The maximum Gasteiger partial charge on any atom is 0.224 e. The number of aliphatic hydroxyl groups is 1. The first kappa shape index (κ1) is 18.1. The largest absolute Gasteiger partial charge is 0.466 e. The summed E-state index contributed by atoms with van der Waals surface area (Å²) in [6.07, 6.45) is 1.04. The van der Waals surface area contributed by atoms with Crippen molar-refractivity contribution in [3.63, 3.8) is 0 Å². The number of carbonyl (C=O) groups excluding carboxylic acids is 1. The highest BCUT2D eigenvalue weighted by Gasteiger charge is 2.10. The number of furan rings is 1. The van der Waals surface area contributed by atoms with Gasteiger partial charge in [0, 0.05) is 17.8 Å². The van der Waals surface area contributed by atoms with Crippen molar-refractivity contribution in [3.8, 4) is 0 Å². The van der Waals surface area contributed by atoms with Crippen LogP contribution in [0.2, 0.25) is 0 Å². The monoisotopic (exact) mass is 330 g/mol. The lowest BCUT2D eigenvalue weighted by atomic mass is 10.1. The van der Waals surface area contributed by atoms with Crippen LogP contribution >= 0.6 is 0 Å². The second-order valence-electron chi connectivity index (χ2n) is 6.02. The van der Waals surface area contributed by atoms with Gasteiger partial charge in [0.2, 0.25) is 5.91 Å². The number of amides is 1. The predicted octanol–water partition coefficient (Wildman–Crippen LogP) is 2.94. The maximum absolute atomic E-state index is 11.9. The number of hydrogen-bond donors (Lipinski definition) is 3. The molecule has 0 bridgehead atoms. The van der Waals surface area contributed by atoms with E-state index in [-0.39, 0.29) is 18.6 Å². The Morgan fingerprint density at radius 2 is 1.96 bits per heavy atom. The quantitative estimate of drug-likeness (QED) is 0.696. The second-order valence-corrected chi connectivity index (χ2v) is 6.02. The molecule has 1 amide bonds. The van der Waals surface area contributed by atoms with Gasteiger partial charge in [-0.15, -0.1) is 0 Å². The van der Waals surface area contributed by atoms with E-state index in [1.54, 1.807) is 0 Å². The Hall–Kier alpha value is -2.27. The standard InChI is InChI=1S/C19H26N2O3/c1-4-17(12-22)21-19(23)10-15-5-7-18(8-6-15)20-11-16-9-13(2)24-14(16)3/h5-9,17,20,22H,4,10-12H2,1-3H3,(H,21,23). The minimum Gasteiger partial charge on any atom is -0.466 e. The molecule has 2 rings (SSSR count). The Labute approximate surface area is 143 Å². The SMILES string of the molecule is CCC(CO)NC(=O)Cc1ccc(NCc2cc(C)oc2C)cc1. The Kier molecular flexibility index (Phi) is 6.44. The van der Waals surface area contributed by atoms with E-state index < -0.39 is 0 Å². The molecule has 1 aromatic carbocycles. The fraction of sp³-hybridized carbons (Fsp3) is 0.421. The molecule has 5 heteroatoms. The lowest BCUT2D eigenvalue weighted by Crippen LogP contribution is -2.37. The molecule has 1 aromatic heterocycles. The van der Waals surface area contributed by atoms with E-state index in [0.29, 0.717) is 13.0 Å². The van der Waals surface area contributed by atoms with E-state index in [9.17, 15) is 4.79 Å². The van der Waals surface area contributed by atoms with Gasteiger partial charge in [-0.25, -0.2) is 0 Å². The van der Waals surface area contributed by atoms with Crippen LogP contribution < -0.4 is 10.6 Å². The molecule has 0 aliphatic heterocycles. The number of benzene rings is 1. The zero-order valence-corrected chi connectivity index (χ0v) is 14.6. The average molecular weight is 330 g/mol. The van der Waals surface area contributed by atoms with Crippen LogP contribution in [0.4, 0.5) is 5.69 Å². The fourth-order valence-corrected chi connectivity index (χ4v) is 2.54. The number of nitrogens with one attached hydrogen (secondary N) is 2. The van der Waals surface area contributed by atoms with Crippen LogP contribution in [0.1, 0.15) is 36.0 Å². The Morgan fingerprint density at radius 3 is 2.50 bits per heavy atom. The highest BCUT2D eigenvalue weighted by atomic mass is 16.3. The smallest absolute Gasteiger partial charge is 0.224 e. The molecule has 0 aliphatic rings. The topological polar surface area (TPSA) is 74.5 Å². The van der Waals surface area contributed by atoms with Crippen molar-refractivity contribution in [2.45, 2.75) is 46.2 Å². The van der Waals surface area contributed by atoms with Gasteiger partial charge < -0.3 is 20.2 Å². The van der Waals surface area contributed by atoms with E-state index in [0.717, 1.165) is 34.8 Å². The van der Waals surface area contributed by atoms with E-state index in [1.807, 2.05) is 51.1 Å². The molecular weight excluding hydrogens is 304 g/mol. The minimum atomic E-state index is -0.167. The molecule has 3 N–H and O–H groups in total. The van der Waals surface area contributed by atoms with Gasteiger partial charge in [-0.2, -0.15) is 0 Å². The van der Waals surface area contributed by atoms with Crippen molar-refractivity contribution in [1.29, 1.82) is 0 Å². The zero-order chi connectivity index (χ0) is 17.5. The maximum atomic E-state index is 11.9. The Bertz CT molecular complexity index is 658. The summed E-state index contributed by atoms with van der Waals surface area (Å²) >= 11 is 0. The molecule has 5 nitrogen and oxygen atoms in total. The van der Waals surface area contributed by atoms with Crippen molar-refractivity contribution in [3.05, 3.63) is 53.0 Å². The van der Waals surface area contributed by atoms with E-state index >= 15 is 0 Å². The number of carbonyl (C=O) groups is 1. The van der Waals surface area contributed by atoms with Gasteiger partial charge in [0.05, 0.1) is 19.1 Å². The molecule has 0 radical (unpaired) electrons. The first-order chi connectivity index (χ1) is 11.5. The van der Waals surface area contributed by atoms with E-state index in [2.05, 4.69) is 10.6 Å². The molecular formula is C19H26N2O3. The molecule has 0 saturated carbocycles. The summed E-state index contributed by atoms with van der Waals surface area (Å²) in [4.78, 5) is 11.9. The van der Waals surface area contributed by atoms with Crippen LogP contribution in [0.3, 0.4) is 0 Å². The fourth-order valence-electron chi connectivity index (χ4n) is 2.54. The summed E-state index contributed by atoms with van der Waals surface area (Å²) < 4.78 is 5.51. The summed E-state index contributed by atoms with van der Waals surface area (Å²) in [6.45, 7) is 6.51. The first-order valence-corrected chi connectivity index (χ1v) is 8.30. The van der Waals surface area contributed by atoms with Gasteiger partial charge >= 0.3 is 0 Å². The van der Waals surface area contributed by atoms with E-state index in [1.165, 1.54) is 0 Å². The van der Waals surface area contributed by atoms with Crippen LogP contribution in [-0.4, -0.2) is 23.7 Å². The third kappa shape index (κ3) is 5.13. The molecule has 0 saturated heterocycles. The number of aliphatic hydroxyl groups excluding tert-OH is 1. The van der Waals surface area contributed by atoms with E-state index in [4.69, 9.17) is 9.52 Å². The van der Waals surface area contributed by atoms with Gasteiger partial charge in [0.25, 0.3) is 0 Å². The van der Waals surface area contributed by atoms with Crippen molar-refractivity contribution in [1.82, 2.24) is 5.32 Å². The highest BCUT2D eigenvalue weighted by molar-refractivity contribution is 5.79. The Morgan fingerprint density at radius 1 is 1.25 bits per heavy atom. The average Bonchev–Trinajstić information content (AvgIpc) is 2.89. The third-order valence-electron chi connectivity index (χ3n) is 4.02. The summed E-state index contributed by atoms with van der Waals surface area (Å²) in [5.74, 6) is 1.78. The van der Waals surface area contributed by atoms with Gasteiger partial charge in [0.1, 0.15) is 11.5 Å². The molecule has 0 fully saturated rings. The van der Waals surface area contributed by atoms with Crippen molar-refractivity contribution in [2.75, 3.05) is 11.9 Å². The molecule has 2 aromatic rings. The molecule has 1 heterocycles. The summed E-state index contributed by atoms with van der Waals surface area (Å²) in [5.41, 5.74) is 3.09. The van der Waals surface area contributed by atoms with Crippen LogP contribution in [0.25, 0.3) is 0 Å². The number of aryl methyl sites for hydroxylation is 2. The molecule has 1 atom stereocenters. The highest BCUT2D eigenvalue weighted by Crippen LogP contribution is 2.16. The van der Waals surface area contributed by atoms with Crippen LogP contribution in [0.15, 0.2) is 34.7 Å². The summed E-state index contributed by atoms with van der Waals surface area (Å²) in [5, 5.41) is 15.3. The summed E-state index contributed by atoms with van der Waals surface area (Å²) in [7, 11) is 0. The normalized spacial score (nSPS) is 12.0. The number of hydrogen-bond acceptors (Lipinski definition) is 4. The van der Waals surface area contributed by atoms with Gasteiger partial charge in [0.15, 0.2) is 0 Å². The number of rotatable bonds is 8. The third-order valence-corrected chi connectivity index (χ3v) is 4.02. The molecule has 0 spiro atoms. The van der Waals surface area contributed by atoms with Crippen molar-refractivity contribution < 1.29 is 14.3 Å². The summed E-state index contributed by atoms with van der Waals surface area (Å²) in [6, 6.07) is 9.68. The molecule has 0 aliphatic carbocycles. The number of anilines is 1. The van der Waals surface area contributed by atoms with Crippen molar-refractivity contribution in [2.24, 2.45) is 0 Å². The van der Waals surface area contributed by atoms with Crippen LogP contribution in [-0.2, 0) is 17.8 Å². The predicted molar refractivity (Wildman–Crippen MR) is 95.0 cm³/mol. The minimum absolute atomic E-state index is 0.0298. The van der Waals surface area contributed by atoms with Crippen LogP contribution in [0.5, 0.6) is 0 Å². The van der Waals surface area contributed by atoms with Gasteiger partial charge in [-0.3, -0.25) is 4.79 Å². The van der Waals surface area contributed by atoms with Crippen molar-refractivity contribution >= 4 is 11.6 Å². The Balaban J connectivity index is 1.86. The second kappa shape index (κ2) is 8.55. The first-order valence-electron chi connectivity index (χ1n) is 8.30. The zero-order valence-electron chi connectivity index (χ0n) is 14.6. The van der Waals surface area contributed by atoms with Crippen LogP contribution in [0, 0.1) is 13.8 Å². The van der Waals surface area contributed by atoms with Gasteiger partial charge in [-0.05, 0) is 44.0 Å². The van der Waals surface area contributed by atoms with Gasteiger partial charge in [-0.1, -0.05) is 19.1 Å². The lowest BCUT2D eigenvalue weighted by Gasteiger charge is -2.14.